The fourth-order valence-corrected chi connectivity index (χ4v) is 2.00. The molecule has 0 aromatic carbocycles. The summed E-state index contributed by atoms with van der Waals surface area (Å²) in [6.45, 7) is 1.49. The van der Waals surface area contributed by atoms with Gasteiger partial charge in [-0.2, -0.15) is 5.10 Å². The molecule has 7 nitrogen and oxygen atoms in total. The molecule has 0 bridgehead atoms. The number of aromatic amines is 1. The van der Waals surface area contributed by atoms with Crippen molar-refractivity contribution >= 4 is 15.9 Å². The number of aromatic nitrogens is 2. The molecule has 84 valence electrons. The first-order chi connectivity index (χ1) is 6.75. The Labute approximate surface area is 87.3 Å². The van der Waals surface area contributed by atoms with Crippen LogP contribution in [0.5, 0.6) is 0 Å². The van der Waals surface area contributed by atoms with Crippen molar-refractivity contribution in [3.63, 3.8) is 0 Å². The number of carbonyl (C=O) groups is 1. The number of nitrogens with one attached hydrogen (secondary N) is 1. The lowest BCUT2D eigenvalue weighted by atomic mass is 10.3. The van der Waals surface area contributed by atoms with Crippen LogP contribution in [0.15, 0.2) is 4.90 Å². The fourth-order valence-electron chi connectivity index (χ4n) is 1.12. The van der Waals surface area contributed by atoms with Gasteiger partial charge >= 0.3 is 0 Å². The van der Waals surface area contributed by atoms with Gasteiger partial charge in [0.2, 0.25) is 10.0 Å². The van der Waals surface area contributed by atoms with Gasteiger partial charge in [-0.3, -0.25) is 9.89 Å². The Hall–Kier alpha value is -1.41. The molecule has 8 heteroatoms. The molecule has 1 heterocycles. The summed E-state index contributed by atoms with van der Waals surface area (Å²) in [5.74, 6) is -0.511. The number of aryl methyl sites for hydroxylation is 1. The SMILES string of the molecule is Cc1[nH]nc(C(=O)N(C)C)c1S(N)(=O)=O. The molecule has 0 spiro atoms. The van der Waals surface area contributed by atoms with Gasteiger partial charge in [0.05, 0.1) is 5.69 Å². The summed E-state index contributed by atoms with van der Waals surface area (Å²) in [5, 5.41) is 11.0. The van der Waals surface area contributed by atoms with Gasteiger partial charge in [0.15, 0.2) is 5.69 Å². The highest BCUT2D eigenvalue weighted by Gasteiger charge is 2.26. The Morgan fingerprint density at radius 1 is 1.47 bits per heavy atom. The van der Waals surface area contributed by atoms with E-state index in [9.17, 15) is 13.2 Å². The number of nitrogens with two attached hydrogens (primary N) is 1. The van der Waals surface area contributed by atoms with Crippen LogP contribution in [0.1, 0.15) is 16.2 Å². The molecule has 15 heavy (non-hydrogen) atoms. The third kappa shape index (κ3) is 2.16. The summed E-state index contributed by atoms with van der Waals surface area (Å²) in [6, 6.07) is 0. The second-order valence-electron chi connectivity index (χ2n) is 3.27. The highest BCUT2D eigenvalue weighted by Crippen LogP contribution is 2.16. The zero-order chi connectivity index (χ0) is 11.8. The van der Waals surface area contributed by atoms with Crippen LogP contribution in [-0.4, -0.2) is 43.5 Å². The quantitative estimate of drug-likeness (QED) is 0.686. The standard InChI is InChI=1S/C7H12N4O3S/c1-4-6(15(8,13)14)5(10-9-4)7(12)11(2)3/h1-3H3,(H,9,10)(H2,8,13,14). The average molecular weight is 232 g/mol. The number of primary sulfonamides is 1. The van der Waals surface area contributed by atoms with Crippen LogP contribution in [0.2, 0.25) is 0 Å². The van der Waals surface area contributed by atoms with Crippen molar-refractivity contribution in [2.45, 2.75) is 11.8 Å². The maximum absolute atomic E-state index is 11.5. The third-order valence-corrected chi connectivity index (χ3v) is 2.85. The van der Waals surface area contributed by atoms with Crippen molar-refractivity contribution in [1.29, 1.82) is 0 Å². The molecule has 0 saturated carbocycles. The number of rotatable bonds is 2. The predicted molar refractivity (Wildman–Crippen MR) is 52.7 cm³/mol. The van der Waals surface area contributed by atoms with Gasteiger partial charge in [-0.25, -0.2) is 13.6 Å². The molecular formula is C7H12N4O3S. The molecule has 1 amide bonds. The number of hydrogen-bond donors (Lipinski definition) is 2. The summed E-state index contributed by atoms with van der Waals surface area (Å²) in [7, 11) is -0.942. The van der Waals surface area contributed by atoms with Gasteiger partial charge in [-0.05, 0) is 6.92 Å². The summed E-state index contributed by atoms with van der Waals surface area (Å²) in [5.41, 5.74) is 0.0719. The van der Waals surface area contributed by atoms with Gasteiger partial charge in [-0.1, -0.05) is 0 Å². The van der Waals surface area contributed by atoms with Crippen molar-refractivity contribution in [1.82, 2.24) is 15.1 Å². The summed E-state index contributed by atoms with van der Waals surface area (Å²) >= 11 is 0. The molecule has 1 rings (SSSR count). The van der Waals surface area contributed by atoms with Crippen LogP contribution in [0, 0.1) is 6.92 Å². The monoisotopic (exact) mass is 232 g/mol. The maximum atomic E-state index is 11.5. The van der Waals surface area contributed by atoms with Crippen molar-refractivity contribution in [3.05, 3.63) is 11.4 Å². The van der Waals surface area contributed by atoms with E-state index in [1.54, 1.807) is 0 Å². The van der Waals surface area contributed by atoms with Crippen LogP contribution in [0.25, 0.3) is 0 Å². The molecule has 0 radical (unpaired) electrons. The lowest BCUT2D eigenvalue weighted by Gasteiger charge is -2.08. The number of hydrogen-bond acceptors (Lipinski definition) is 4. The Morgan fingerprint density at radius 2 is 2.00 bits per heavy atom. The van der Waals surface area contributed by atoms with Crippen LogP contribution in [0.3, 0.4) is 0 Å². The first kappa shape index (κ1) is 11.7. The summed E-state index contributed by atoms with van der Waals surface area (Å²) in [4.78, 5) is 12.5. The predicted octanol–water partition coefficient (Wildman–Crippen LogP) is -0.933. The highest BCUT2D eigenvalue weighted by atomic mass is 32.2. The number of carbonyl (C=O) groups excluding carboxylic acids is 1. The molecule has 0 fully saturated rings. The molecule has 0 aliphatic rings. The largest absolute Gasteiger partial charge is 0.343 e. The van der Waals surface area contributed by atoms with E-state index in [4.69, 9.17) is 5.14 Å². The number of sulfonamides is 1. The lowest BCUT2D eigenvalue weighted by Crippen LogP contribution is -2.25. The van der Waals surface area contributed by atoms with E-state index in [1.165, 1.54) is 25.9 Å². The number of nitrogens with zero attached hydrogens (tertiary/aromatic N) is 2. The minimum atomic E-state index is -3.94. The van der Waals surface area contributed by atoms with Crippen LogP contribution < -0.4 is 5.14 Å². The second-order valence-corrected chi connectivity index (χ2v) is 4.77. The Bertz CT molecular complexity index is 488. The third-order valence-electron chi connectivity index (χ3n) is 1.78. The van der Waals surface area contributed by atoms with Crippen molar-refractivity contribution in [2.75, 3.05) is 14.1 Å². The fraction of sp³-hybridized carbons (Fsp3) is 0.429. The summed E-state index contributed by atoms with van der Waals surface area (Å²) < 4.78 is 22.4. The summed E-state index contributed by atoms with van der Waals surface area (Å²) in [6.07, 6.45) is 0. The normalized spacial score (nSPS) is 11.5. The first-order valence-electron chi connectivity index (χ1n) is 4.04. The van der Waals surface area contributed by atoms with Crippen LogP contribution >= 0.6 is 0 Å². The molecule has 0 unspecified atom stereocenters. The van der Waals surface area contributed by atoms with Crippen molar-refractivity contribution < 1.29 is 13.2 Å². The maximum Gasteiger partial charge on any atom is 0.275 e. The van der Waals surface area contributed by atoms with Crippen LogP contribution in [-0.2, 0) is 10.0 Å². The highest BCUT2D eigenvalue weighted by molar-refractivity contribution is 7.89. The van der Waals surface area contributed by atoms with Gasteiger partial charge in [0.1, 0.15) is 4.90 Å². The zero-order valence-electron chi connectivity index (χ0n) is 8.60. The van der Waals surface area contributed by atoms with Gasteiger partial charge in [0.25, 0.3) is 5.91 Å². The lowest BCUT2D eigenvalue weighted by molar-refractivity contribution is 0.0818. The molecule has 0 aliphatic carbocycles. The van der Waals surface area contributed by atoms with Gasteiger partial charge < -0.3 is 4.90 Å². The van der Waals surface area contributed by atoms with E-state index in [0.717, 1.165) is 0 Å². The van der Waals surface area contributed by atoms with E-state index in [2.05, 4.69) is 10.2 Å². The minimum absolute atomic E-state index is 0.181. The molecule has 1 aromatic heterocycles. The molecule has 0 atom stereocenters. The molecule has 0 saturated heterocycles. The Morgan fingerprint density at radius 3 is 2.40 bits per heavy atom. The van der Waals surface area contributed by atoms with E-state index < -0.39 is 15.9 Å². The van der Waals surface area contributed by atoms with E-state index in [0.29, 0.717) is 0 Å². The average Bonchev–Trinajstić information content (AvgIpc) is 2.44. The van der Waals surface area contributed by atoms with Gasteiger partial charge in [-0.15, -0.1) is 0 Å². The Balaban J connectivity index is 3.40. The van der Waals surface area contributed by atoms with Crippen molar-refractivity contribution in [3.8, 4) is 0 Å². The second kappa shape index (κ2) is 3.63. The molecular weight excluding hydrogens is 220 g/mol. The molecule has 0 aliphatic heterocycles. The smallest absolute Gasteiger partial charge is 0.275 e. The molecule has 3 N–H and O–H groups in total. The number of amides is 1. The van der Waals surface area contributed by atoms with E-state index in [1.807, 2.05) is 0 Å². The topological polar surface area (TPSA) is 109 Å². The van der Waals surface area contributed by atoms with E-state index in [-0.39, 0.29) is 16.3 Å². The van der Waals surface area contributed by atoms with Gasteiger partial charge in [0, 0.05) is 14.1 Å². The Kier molecular flexibility index (Phi) is 2.82. The van der Waals surface area contributed by atoms with Crippen molar-refractivity contribution in [2.24, 2.45) is 5.14 Å². The molecule has 1 aromatic rings. The van der Waals surface area contributed by atoms with E-state index >= 15 is 0 Å². The first-order valence-corrected chi connectivity index (χ1v) is 5.59. The van der Waals surface area contributed by atoms with Crippen LogP contribution in [0.4, 0.5) is 0 Å². The minimum Gasteiger partial charge on any atom is -0.343 e. The zero-order valence-corrected chi connectivity index (χ0v) is 9.42. The number of H-pyrrole nitrogens is 1.